The van der Waals surface area contributed by atoms with E-state index in [9.17, 15) is 21.6 Å². The van der Waals surface area contributed by atoms with Gasteiger partial charge in [-0.25, -0.2) is 16.8 Å². The summed E-state index contributed by atoms with van der Waals surface area (Å²) in [5.74, 6) is -0.750. The predicted octanol–water partition coefficient (Wildman–Crippen LogP) is 1.84. The number of amides is 1. The van der Waals surface area contributed by atoms with Crippen LogP contribution in [0.3, 0.4) is 0 Å². The Hall–Kier alpha value is -2.30. The number of ether oxygens (including phenoxy) is 1. The molecule has 0 saturated heterocycles. The van der Waals surface area contributed by atoms with Crippen LogP contribution in [0.25, 0.3) is 0 Å². The Morgan fingerprint density at radius 3 is 2.57 bits per heavy atom. The number of fused-ring (bicyclic) bond motifs is 1. The Bertz CT molecular complexity index is 1180. The summed E-state index contributed by atoms with van der Waals surface area (Å²) in [5, 5.41) is 2.41. The zero-order valence-corrected chi connectivity index (χ0v) is 17.3. The zero-order chi connectivity index (χ0) is 20.7. The van der Waals surface area contributed by atoms with E-state index in [1.807, 2.05) is 0 Å². The van der Waals surface area contributed by atoms with Crippen LogP contribution in [0.2, 0.25) is 5.02 Å². The Kier molecular flexibility index (Phi) is 5.30. The standard InChI is InChI=1S/C17H17ClN2O6S2/c1-19-17(21)13-7-11(18)8-15(16(13)26-2)28(24,25)20-12-4-3-10-5-6-27(22,23)14(10)9-12/h3-4,7-9,20H,5-6H2,1-2H3,(H,19,21). The van der Waals surface area contributed by atoms with Crippen molar-refractivity contribution in [1.29, 1.82) is 0 Å². The normalized spacial score (nSPS) is 15.0. The molecule has 2 aromatic rings. The highest BCUT2D eigenvalue weighted by Crippen LogP contribution is 2.34. The van der Waals surface area contributed by atoms with Crippen LogP contribution in [0.1, 0.15) is 15.9 Å². The topological polar surface area (TPSA) is 119 Å². The molecular formula is C17H17ClN2O6S2. The lowest BCUT2D eigenvalue weighted by Crippen LogP contribution is -2.21. The van der Waals surface area contributed by atoms with E-state index >= 15 is 0 Å². The van der Waals surface area contributed by atoms with Crippen LogP contribution in [-0.4, -0.2) is 42.7 Å². The first kappa shape index (κ1) is 20.4. The molecule has 11 heteroatoms. The molecule has 0 aromatic heterocycles. The molecule has 1 aliphatic rings. The number of sulfone groups is 1. The third-order valence-electron chi connectivity index (χ3n) is 4.28. The van der Waals surface area contributed by atoms with Crippen LogP contribution in [0, 0.1) is 0 Å². The van der Waals surface area contributed by atoms with E-state index in [2.05, 4.69) is 10.0 Å². The third-order valence-corrected chi connectivity index (χ3v) is 7.68. The number of aryl methyl sites for hydroxylation is 1. The second-order valence-electron chi connectivity index (χ2n) is 6.06. The molecule has 1 aliphatic heterocycles. The average Bonchev–Trinajstić information content (AvgIpc) is 2.94. The molecule has 150 valence electrons. The van der Waals surface area contributed by atoms with E-state index in [1.165, 1.54) is 32.4 Å². The number of hydrogen-bond acceptors (Lipinski definition) is 6. The van der Waals surface area contributed by atoms with E-state index in [4.69, 9.17) is 16.3 Å². The number of hydrogen-bond donors (Lipinski definition) is 2. The molecule has 3 rings (SSSR count). The number of halogens is 1. The van der Waals surface area contributed by atoms with Crippen LogP contribution < -0.4 is 14.8 Å². The molecule has 0 atom stereocenters. The Morgan fingerprint density at radius 2 is 1.93 bits per heavy atom. The van der Waals surface area contributed by atoms with Gasteiger partial charge in [-0.05, 0) is 36.2 Å². The fraction of sp³-hybridized carbons (Fsp3) is 0.235. The Morgan fingerprint density at radius 1 is 1.21 bits per heavy atom. The smallest absolute Gasteiger partial charge is 0.265 e. The van der Waals surface area contributed by atoms with Gasteiger partial charge in [0, 0.05) is 12.1 Å². The van der Waals surface area contributed by atoms with Gasteiger partial charge in [-0.15, -0.1) is 0 Å². The lowest BCUT2D eigenvalue weighted by Gasteiger charge is -2.15. The van der Waals surface area contributed by atoms with Crippen molar-refractivity contribution in [3.63, 3.8) is 0 Å². The van der Waals surface area contributed by atoms with Crippen molar-refractivity contribution in [1.82, 2.24) is 5.32 Å². The highest BCUT2D eigenvalue weighted by atomic mass is 35.5. The summed E-state index contributed by atoms with van der Waals surface area (Å²) < 4.78 is 57.5. The first-order valence-electron chi connectivity index (χ1n) is 8.07. The van der Waals surface area contributed by atoms with Gasteiger partial charge in [0.05, 0.1) is 29.0 Å². The summed E-state index contributed by atoms with van der Waals surface area (Å²) in [7, 11) is -5.03. The summed E-state index contributed by atoms with van der Waals surface area (Å²) in [6, 6.07) is 6.78. The molecule has 28 heavy (non-hydrogen) atoms. The maximum atomic E-state index is 12.9. The molecule has 0 unspecified atom stereocenters. The highest BCUT2D eigenvalue weighted by Gasteiger charge is 2.29. The lowest BCUT2D eigenvalue weighted by atomic mass is 10.2. The van der Waals surface area contributed by atoms with Gasteiger partial charge < -0.3 is 10.1 Å². The molecule has 1 amide bonds. The molecule has 8 nitrogen and oxygen atoms in total. The van der Waals surface area contributed by atoms with Crippen molar-refractivity contribution >= 4 is 43.1 Å². The van der Waals surface area contributed by atoms with E-state index < -0.39 is 25.8 Å². The molecule has 0 radical (unpaired) electrons. The first-order chi connectivity index (χ1) is 13.1. The maximum absolute atomic E-state index is 12.9. The number of benzene rings is 2. The first-order valence-corrected chi connectivity index (χ1v) is 11.6. The summed E-state index contributed by atoms with van der Waals surface area (Å²) >= 11 is 6.00. The molecule has 2 N–H and O–H groups in total. The van der Waals surface area contributed by atoms with Gasteiger partial charge >= 0.3 is 0 Å². The Balaban J connectivity index is 2.08. The summed E-state index contributed by atoms with van der Waals surface area (Å²) in [4.78, 5) is 11.8. The molecule has 0 aliphatic carbocycles. The number of carbonyl (C=O) groups excluding carboxylic acids is 1. The number of nitrogens with one attached hydrogen (secondary N) is 2. The van der Waals surface area contributed by atoms with Gasteiger partial charge in [0.25, 0.3) is 15.9 Å². The van der Waals surface area contributed by atoms with Crippen molar-refractivity contribution in [3.05, 3.63) is 46.5 Å². The van der Waals surface area contributed by atoms with E-state index in [0.29, 0.717) is 12.0 Å². The third kappa shape index (κ3) is 3.67. The minimum absolute atomic E-state index is 0.00383. The van der Waals surface area contributed by atoms with Gasteiger partial charge in [-0.1, -0.05) is 17.7 Å². The van der Waals surface area contributed by atoms with Crippen LogP contribution in [-0.2, 0) is 26.3 Å². The van der Waals surface area contributed by atoms with Crippen LogP contribution in [0.15, 0.2) is 40.1 Å². The van der Waals surface area contributed by atoms with Crippen LogP contribution in [0.4, 0.5) is 5.69 Å². The van der Waals surface area contributed by atoms with Crippen LogP contribution >= 0.6 is 11.6 Å². The van der Waals surface area contributed by atoms with E-state index in [1.54, 1.807) is 6.07 Å². The molecular weight excluding hydrogens is 428 g/mol. The number of carbonyl (C=O) groups is 1. The Labute approximate surface area is 167 Å². The quantitative estimate of drug-likeness (QED) is 0.726. The summed E-state index contributed by atoms with van der Waals surface area (Å²) in [6.45, 7) is 0. The summed E-state index contributed by atoms with van der Waals surface area (Å²) in [6.07, 6.45) is 0.391. The minimum Gasteiger partial charge on any atom is -0.494 e. The molecule has 2 aromatic carbocycles. The number of anilines is 1. The largest absolute Gasteiger partial charge is 0.494 e. The minimum atomic E-state index is -4.23. The van der Waals surface area contributed by atoms with Gasteiger partial charge in [-0.2, -0.15) is 0 Å². The fourth-order valence-electron chi connectivity index (χ4n) is 2.96. The van der Waals surface area contributed by atoms with Gasteiger partial charge in [0.15, 0.2) is 15.6 Å². The van der Waals surface area contributed by atoms with Gasteiger partial charge in [0.1, 0.15) is 4.90 Å². The fourth-order valence-corrected chi connectivity index (χ4v) is 6.09. The van der Waals surface area contributed by atoms with Gasteiger partial charge in [0.2, 0.25) is 0 Å². The molecule has 0 spiro atoms. The zero-order valence-electron chi connectivity index (χ0n) is 14.9. The van der Waals surface area contributed by atoms with Crippen molar-refractivity contribution in [2.75, 3.05) is 24.6 Å². The second kappa shape index (κ2) is 7.26. The second-order valence-corrected chi connectivity index (χ2v) is 10.2. The number of sulfonamides is 1. The molecule has 1 heterocycles. The van der Waals surface area contributed by atoms with E-state index in [0.717, 1.165) is 6.07 Å². The molecule has 0 fully saturated rings. The van der Waals surface area contributed by atoms with Crippen molar-refractivity contribution in [2.24, 2.45) is 0 Å². The van der Waals surface area contributed by atoms with Crippen LogP contribution in [0.5, 0.6) is 5.75 Å². The number of rotatable bonds is 5. The number of methoxy groups -OCH3 is 1. The van der Waals surface area contributed by atoms with Crippen molar-refractivity contribution in [3.8, 4) is 5.75 Å². The monoisotopic (exact) mass is 444 g/mol. The maximum Gasteiger partial charge on any atom is 0.265 e. The van der Waals surface area contributed by atoms with Gasteiger partial charge in [-0.3, -0.25) is 9.52 Å². The summed E-state index contributed by atoms with van der Waals surface area (Å²) in [5.41, 5.74) is 0.673. The SMILES string of the molecule is CNC(=O)c1cc(Cl)cc(S(=O)(=O)Nc2ccc3c(c2)S(=O)(=O)CC3)c1OC. The van der Waals surface area contributed by atoms with Crippen molar-refractivity contribution < 1.29 is 26.4 Å². The lowest BCUT2D eigenvalue weighted by molar-refractivity contribution is 0.0959. The highest BCUT2D eigenvalue weighted by molar-refractivity contribution is 7.93. The van der Waals surface area contributed by atoms with E-state index in [-0.39, 0.29) is 37.6 Å². The average molecular weight is 445 g/mol. The molecule has 0 saturated carbocycles. The predicted molar refractivity (Wildman–Crippen MR) is 104 cm³/mol. The van der Waals surface area contributed by atoms with Crippen molar-refractivity contribution in [2.45, 2.75) is 16.2 Å². The molecule has 0 bridgehead atoms.